The van der Waals surface area contributed by atoms with Crippen molar-refractivity contribution in [3.63, 3.8) is 0 Å². The summed E-state index contributed by atoms with van der Waals surface area (Å²) in [5.74, 6) is 0.218. The van der Waals surface area contributed by atoms with Crippen molar-refractivity contribution in [3.05, 3.63) is 57.4 Å². The van der Waals surface area contributed by atoms with E-state index in [0.29, 0.717) is 16.3 Å². The molecule has 1 aromatic heterocycles. The second-order valence-corrected chi connectivity index (χ2v) is 6.20. The molecule has 0 saturated carbocycles. The SMILES string of the molecule is O=c1nc(SCc2ccccc2F)c2c(n1CCO)CCC2. The van der Waals surface area contributed by atoms with Crippen LogP contribution in [0.25, 0.3) is 0 Å². The van der Waals surface area contributed by atoms with Gasteiger partial charge in [-0.25, -0.2) is 9.18 Å². The molecule has 0 amide bonds. The van der Waals surface area contributed by atoms with Crippen molar-refractivity contribution in [2.24, 2.45) is 0 Å². The highest BCUT2D eigenvalue weighted by Gasteiger charge is 2.21. The molecule has 0 bridgehead atoms. The molecule has 22 heavy (non-hydrogen) atoms. The fourth-order valence-electron chi connectivity index (χ4n) is 2.80. The Morgan fingerprint density at radius 1 is 1.32 bits per heavy atom. The van der Waals surface area contributed by atoms with E-state index in [1.165, 1.54) is 17.8 Å². The summed E-state index contributed by atoms with van der Waals surface area (Å²) in [5.41, 5.74) is 2.34. The zero-order valence-corrected chi connectivity index (χ0v) is 12.9. The molecule has 0 radical (unpaired) electrons. The molecule has 0 aliphatic heterocycles. The first-order valence-electron chi connectivity index (χ1n) is 7.30. The highest BCUT2D eigenvalue weighted by molar-refractivity contribution is 7.98. The van der Waals surface area contributed by atoms with E-state index >= 15 is 0 Å². The smallest absolute Gasteiger partial charge is 0.348 e. The fourth-order valence-corrected chi connectivity index (χ4v) is 3.86. The number of benzene rings is 1. The number of fused-ring (bicyclic) bond motifs is 1. The van der Waals surface area contributed by atoms with E-state index in [4.69, 9.17) is 5.11 Å². The fraction of sp³-hybridized carbons (Fsp3) is 0.375. The second-order valence-electron chi connectivity index (χ2n) is 5.23. The molecular weight excluding hydrogens is 303 g/mol. The summed E-state index contributed by atoms with van der Waals surface area (Å²) in [6.45, 7) is 0.210. The van der Waals surface area contributed by atoms with Gasteiger partial charge < -0.3 is 5.11 Å². The number of thioether (sulfide) groups is 1. The topological polar surface area (TPSA) is 55.1 Å². The molecule has 1 aliphatic carbocycles. The molecule has 116 valence electrons. The summed E-state index contributed by atoms with van der Waals surface area (Å²) < 4.78 is 15.2. The average molecular weight is 320 g/mol. The maximum Gasteiger partial charge on any atom is 0.348 e. The minimum atomic E-state index is -0.328. The molecule has 0 atom stereocenters. The molecule has 0 unspecified atom stereocenters. The van der Waals surface area contributed by atoms with Crippen LogP contribution in [0.15, 0.2) is 34.1 Å². The number of aromatic nitrogens is 2. The molecule has 2 aromatic rings. The zero-order valence-electron chi connectivity index (χ0n) is 12.1. The summed E-state index contributed by atoms with van der Waals surface area (Å²) in [4.78, 5) is 16.3. The quantitative estimate of drug-likeness (QED) is 0.677. The zero-order chi connectivity index (χ0) is 15.5. The van der Waals surface area contributed by atoms with Crippen LogP contribution in [-0.4, -0.2) is 21.3 Å². The van der Waals surface area contributed by atoms with Crippen molar-refractivity contribution in [1.29, 1.82) is 0 Å². The van der Waals surface area contributed by atoms with Crippen LogP contribution in [0.3, 0.4) is 0 Å². The summed E-state index contributed by atoms with van der Waals surface area (Å²) in [5, 5.41) is 9.80. The Hall–Kier alpha value is -1.66. The van der Waals surface area contributed by atoms with Gasteiger partial charge in [0.05, 0.1) is 13.2 Å². The molecule has 1 heterocycles. The lowest BCUT2D eigenvalue weighted by molar-refractivity contribution is 0.271. The number of hydrogen-bond donors (Lipinski definition) is 1. The van der Waals surface area contributed by atoms with Crippen molar-refractivity contribution < 1.29 is 9.50 Å². The number of rotatable bonds is 5. The Morgan fingerprint density at radius 3 is 2.91 bits per heavy atom. The molecule has 1 aliphatic rings. The van der Waals surface area contributed by atoms with Crippen molar-refractivity contribution in [2.45, 2.75) is 36.6 Å². The highest BCUT2D eigenvalue weighted by Crippen LogP contribution is 2.31. The van der Waals surface area contributed by atoms with E-state index in [1.54, 1.807) is 22.8 Å². The van der Waals surface area contributed by atoms with Gasteiger partial charge in [-0.2, -0.15) is 4.98 Å². The third-order valence-electron chi connectivity index (χ3n) is 3.85. The minimum absolute atomic E-state index is 0.0737. The molecule has 0 fully saturated rings. The summed E-state index contributed by atoms with van der Waals surface area (Å²) >= 11 is 1.41. The van der Waals surface area contributed by atoms with Gasteiger partial charge in [0.25, 0.3) is 0 Å². The molecule has 6 heteroatoms. The second kappa shape index (κ2) is 6.62. The van der Waals surface area contributed by atoms with E-state index in [1.807, 2.05) is 0 Å². The van der Waals surface area contributed by atoms with Gasteiger partial charge in [0, 0.05) is 17.0 Å². The van der Waals surface area contributed by atoms with Crippen LogP contribution in [0.4, 0.5) is 4.39 Å². The Kier molecular flexibility index (Phi) is 4.59. The third-order valence-corrected chi connectivity index (χ3v) is 4.91. The van der Waals surface area contributed by atoms with E-state index < -0.39 is 0 Å². The van der Waals surface area contributed by atoms with Crippen molar-refractivity contribution in [1.82, 2.24) is 9.55 Å². The largest absolute Gasteiger partial charge is 0.395 e. The first-order chi connectivity index (χ1) is 10.7. The van der Waals surface area contributed by atoms with Crippen molar-refractivity contribution in [2.75, 3.05) is 6.61 Å². The molecule has 0 saturated heterocycles. The van der Waals surface area contributed by atoms with Gasteiger partial charge in [0.15, 0.2) is 0 Å². The molecular formula is C16H17FN2O2S. The van der Waals surface area contributed by atoms with Gasteiger partial charge >= 0.3 is 5.69 Å². The first-order valence-corrected chi connectivity index (χ1v) is 8.29. The van der Waals surface area contributed by atoms with Crippen LogP contribution in [0.5, 0.6) is 0 Å². The lowest BCUT2D eigenvalue weighted by atomic mass is 10.2. The molecule has 4 nitrogen and oxygen atoms in total. The third kappa shape index (κ3) is 2.94. The van der Waals surface area contributed by atoms with Gasteiger partial charge in [-0.3, -0.25) is 4.57 Å². The van der Waals surface area contributed by atoms with Gasteiger partial charge in [0.2, 0.25) is 0 Å². The van der Waals surface area contributed by atoms with Gasteiger partial charge in [-0.15, -0.1) is 11.8 Å². The Balaban J connectivity index is 1.89. The summed E-state index contributed by atoms with van der Waals surface area (Å²) in [7, 11) is 0. The molecule has 3 rings (SSSR count). The van der Waals surface area contributed by atoms with Gasteiger partial charge in [0.1, 0.15) is 10.8 Å². The molecule has 1 N–H and O–H groups in total. The first kappa shape index (κ1) is 15.2. The predicted octanol–water partition coefficient (Wildman–Crippen LogP) is 2.16. The van der Waals surface area contributed by atoms with Crippen LogP contribution in [-0.2, 0) is 25.1 Å². The van der Waals surface area contributed by atoms with Gasteiger partial charge in [-0.1, -0.05) is 18.2 Å². The summed E-state index contributed by atoms with van der Waals surface area (Å²) in [6.07, 6.45) is 2.70. The maximum atomic E-state index is 13.7. The number of aliphatic hydroxyl groups excluding tert-OH is 1. The number of aliphatic hydroxyl groups is 1. The van der Waals surface area contributed by atoms with Crippen molar-refractivity contribution >= 4 is 11.8 Å². The minimum Gasteiger partial charge on any atom is -0.395 e. The standard InChI is InChI=1S/C16H17FN2O2S/c17-13-6-2-1-4-11(13)10-22-15-12-5-3-7-14(12)19(8-9-20)16(21)18-15/h1-2,4,6,20H,3,5,7-10H2. The van der Waals surface area contributed by atoms with E-state index in [-0.39, 0.29) is 24.7 Å². The van der Waals surface area contributed by atoms with Crippen LogP contribution in [0.1, 0.15) is 23.2 Å². The normalized spacial score (nSPS) is 13.4. The lowest BCUT2D eigenvalue weighted by Crippen LogP contribution is -2.28. The Bertz CT molecular complexity index is 745. The predicted molar refractivity (Wildman–Crippen MR) is 83.6 cm³/mol. The van der Waals surface area contributed by atoms with Gasteiger partial charge in [-0.05, 0) is 30.9 Å². The maximum absolute atomic E-state index is 13.7. The number of nitrogens with zero attached hydrogens (tertiary/aromatic N) is 2. The average Bonchev–Trinajstić information content (AvgIpc) is 2.99. The Morgan fingerprint density at radius 2 is 2.14 bits per heavy atom. The molecule has 1 aromatic carbocycles. The number of hydrogen-bond acceptors (Lipinski definition) is 4. The number of halogens is 1. The van der Waals surface area contributed by atoms with Crippen LogP contribution >= 0.6 is 11.8 Å². The van der Waals surface area contributed by atoms with E-state index in [9.17, 15) is 9.18 Å². The Labute approximate surface area is 132 Å². The highest BCUT2D eigenvalue weighted by atomic mass is 32.2. The van der Waals surface area contributed by atoms with Crippen LogP contribution in [0.2, 0.25) is 0 Å². The van der Waals surface area contributed by atoms with Crippen LogP contribution < -0.4 is 5.69 Å². The monoisotopic (exact) mass is 320 g/mol. The summed E-state index contributed by atoms with van der Waals surface area (Å²) in [6, 6.07) is 6.65. The van der Waals surface area contributed by atoms with Crippen LogP contribution in [0, 0.1) is 5.82 Å². The van der Waals surface area contributed by atoms with E-state index in [0.717, 1.165) is 30.5 Å². The lowest BCUT2D eigenvalue weighted by Gasteiger charge is -2.13. The van der Waals surface area contributed by atoms with Crippen molar-refractivity contribution in [3.8, 4) is 0 Å². The molecule has 0 spiro atoms. The van der Waals surface area contributed by atoms with E-state index in [2.05, 4.69) is 4.98 Å².